The Hall–Kier alpha value is -6.23. The summed E-state index contributed by atoms with van der Waals surface area (Å²) in [5.74, 6) is 1.13. The summed E-state index contributed by atoms with van der Waals surface area (Å²) in [5.41, 5.74) is 9.78. The first-order chi connectivity index (χ1) is 24.7. The predicted octanol–water partition coefficient (Wildman–Crippen LogP) is 12.1. The Morgan fingerprint density at radius 3 is 1.74 bits per heavy atom. The van der Waals surface area contributed by atoms with Gasteiger partial charge in [-0.25, -0.2) is 9.98 Å². The number of fused-ring (bicyclic) bond motifs is 3. The third kappa shape index (κ3) is 6.45. The van der Waals surface area contributed by atoms with Gasteiger partial charge in [-0.2, -0.15) is 0 Å². The van der Waals surface area contributed by atoms with Gasteiger partial charge < -0.3 is 0 Å². The molecule has 50 heavy (non-hydrogen) atoms. The fraction of sp³-hybridized carbons (Fsp3) is 0.0217. The second-order valence-electron chi connectivity index (χ2n) is 12.1. The zero-order valence-electron chi connectivity index (χ0n) is 27.4. The summed E-state index contributed by atoms with van der Waals surface area (Å²) in [6.45, 7) is 4.38. The molecule has 0 aliphatic rings. The van der Waals surface area contributed by atoms with Crippen LogP contribution in [0.1, 0.15) is 16.7 Å². The Morgan fingerprint density at radius 2 is 1.04 bits per heavy atom. The Labute approximate surface area is 296 Å². The molecule has 0 saturated heterocycles. The maximum absolute atomic E-state index is 5.17. The van der Waals surface area contributed by atoms with Gasteiger partial charge in [0.2, 0.25) is 0 Å². The van der Waals surface area contributed by atoms with Gasteiger partial charge in [-0.3, -0.25) is 4.99 Å². The van der Waals surface area contributed by atoms with Crippen LogP contribution in [0.15, 0.2) is 191 Å². The minimum atomic E-state index is 0.457. The predicted molar refractivity (Wildman–Crippen MR) is 215 cm³/mol. The van der Waals surface area contributed by atoms with E-state index in [2.05, 4.69) is 151 Å². The molecule has 1 aromatic heterocycles. The van der Waals surface area contributed by atoms with E-state index in [9.17, 15) is 0 Å². The van der Waals surface area contributed by atoms with E-state index < -0.39 is 0 Å². The van der Waals surface area contributed by atoms with E-state index in [1.54, 1.807) is 0 Å². The number of thiophene rings is 1. The molecule has 0 radical (unpaired) electrons. The number of hydrogen-bond donors (Lipinski definition) is 0. The largest absolute Gasteiger partial charge is 0.261 e. The molecular weight excluding hydrogens is 627 g/mol. The molecule has 0 unspecified atom stereocenters. The van der Waals surface area contributed by atoms with Crippen LogP contribution in [0.3, 0.4) is 0 Å². The number of hydrogen-bond acceptors (Lipinski definition) is 2. The number of benzene rings is 7. The number of aliphatic imine (C=N–C) groups is 3. The topological polar surface area (TPSA) is 37.1 Å². The first-order valence-electron chi connectivity index (χ1n) is 16.6. The fourth-order valence-corrected chi connectivity index (χ4v) is 7.64. The lowest BCUT2D eigenvalue weighted by Crippen LogP contribution is -2.06. The summed E-state index contributed by atoms with van der Waals surface area (Å²) >= 11 is 1.85. The van der Waals surface area contributed by atoms with Crippen molar-refractivity contribution in [2.75, 3.05) is 0 Å². The van der Waals surface area contributed by atoms with E-state index in [-0.39, 0.29) is 0 Å². The highest BCUT2D eigenvalue weighted by molar-refractivity contribution is 7.26. The molecular formula is C46H33N3S. The lowest BCUT2D eigenvalue weighted by molar-refractivity contribution is 1.06. The maximum atomic E-state index is 5.17. The number of amidine groups is 2. The summed E-state index contributed by atoms with van der Waals surface area (Å²) in [6.07, 6.45) is 0. The van der Waals surface area contributed by atoms with Crippen LogP contribution in [-0.2, 0) is 6.54 Å². The molecule has 0 amide bonds. The summed E-state index contributed by atoms with van der Waals surface area (Å²) in [7, 11) is 0. The molecule has 0 fully saturated rings. The van der Waals surface area contributed by atoms with Crippen molar-refractivity contribution in [1.29, 1.82) is 0 Å². The van der Waals surface area contributed by atoms with Gasteiger partial charge in [0.05, 0.1) is 6.54 Å². The first kappa shape index (κ1) is 31.1. The smallest absolute Gasteiger partial charge is 0.161 e. The van der Waals surface area contributed by atoms with E-state index in [1.807, 2.05) is 47.7 Å². The van der Waals surface area contributed by atoms with Crippen molar-refractivity contribution in [3.05, 3.63) is 193 Å². The average molecular weight is 660 g/mol. The Bertz CT molecular complexity index is 2530. The maximum Gasteiger partial charge on any atom is 0.161 e. The van der Waals surface area contributed by atoms with Crippen LogP contribution in [0.4, 0.5) is 0 Å². The number of rotatable bonds is 7. The molecule has 0 aliphatic carbocycles. The molecule has 0 N–H and O–H groups in total. The lowest BCUT2D eigenvalue weighted by atomic mass is 10.0. The molecule has 7 aromatic carbocycles. The SMILES string of the molecule is C=N/C(=N\C(=N/Cc1cccc(-c2cccc3c2sc2ccccc23)c1)c1cccc(-c2ccccc2)c1)c1cccc(-c2ccccc2)c1. The van der Waals surface area contributed by atoms with E-state index in [0.717, 1.165) is 38.9 Å². The minimum absolute atomic E-state index is 0.457. The van der Waals surface area contributed by atoms with Crippen molar-refractivity contribution in [2.24, 2.45) is 15.0 Å². The van der Waals surface area contributed by atoms with Crippen LogP contribution in [0.2, 0.25) is 0 Å². The zero-order chi connectivity index (χ0) is 33.7. The molecule has 3 nitrogen and oxygen atoms in total. The quantitative estimate of drug-likeness (QED) is 0.121. The second kappa shape index (κ2) is 14.1. The third-order valence-corrected chi connectivity index (χ3v) is 10.1. The van der Waals surface area contributed by atoms with Crippen LogP contribution in [0.25, 0.3) is 53.6 Å². The summed E-state index contributed by atoms with van der Waals surface area (Å²) in [4.78, 5) is 14.7. The van der Waals surface area contributed by atoms with Crippen molar-refractivity contribution in [3.8, 4) is 33.4 Å². The molecule has 8 rings (SSSR count). The highest BCUT2D eigenvalue weighted by atomic mass is 32.1. The van der Waals surface area contributed by atoms with Gasteiger partial charge >= 0.3 is 0 Å². The molecule has 238 valence electrons. The average Bonchev–Trinajstić information content (AvgIpc) is 3.58. The Morgan fingerprint density at radius 1 is 0.480 bits per heavy atom. The van der Waals surface area contributed by atoms with E-state index in [0.29, 0.717) is 18.2 Å². The van der Waals surface area contributed by atoms with Crippen LogP contribution in [0.5, 0.6) is 0 Å². The molecule has 0 aliphatic heterocycles. The first-order valence-corrected chi connectivity index (χ1v) is 17.5. The standard InChI is InChI=1S/C46H33N3S/c1-47-45(38-22-11-19-35(29-38)33-15-4-2-5-16-33)49-46(39-23-12-20-36(30-39)34-17-6-3-7-18-34)48-31-32-14-10-21-37(28-32)40-25-13-26-42-41-24-8-9-27-43(41)50-44(40)42/h2-30H,1,31H2/b48-46-,49-45-. The van der Waals surface area contributed by atoms with Crippen molar-refractivity contribution in [2.45, 2.75) is 6.54 Å². The van der Waals surface area contributed by atoms with E-state index in [1.165, 1.54) is 31.3 Å². The van der Waals surface area contributed by atoms with Gasteiger partial charge in [0.15, 0.2) is 11.7 Å². The van der Waals surface area contributed by atoms with Gasteiger partial charge in [0, 0.05) is 31.3 Å². The molecule has 0 saturated carbocycles. The summed E-state index contributed by atoms with van der Waals surface area (Å²) in [5, 5.41) is 2.60. The molecule has 4 heteroatoms. The monoisotopic (exact) mass is 659 g/mol. The Kier molecular flexibility index (Phi) is 8.75. The van der Waals surface area contributed by atoms with Crippen LogP contribution in [0, 0.1) is 0 Å². The van der Waals surface area contributed by atoms with Crippen molar-refractivity contribution in [1.82, 2.24) is 0 Å². The van der Waals surface area contributed by atoms with E-state index >= 15 is 0 Å². The van der Waals surface area contributed by atoms with Gasteiger partial charge in [-0.05, 0) is 69.9 Å². The zero-order valence-corrected chi connectivity index (χ0v) is 28.2. The molecule has 8 aromatic rings. The molecule has 0 spiro atoms. The van der Waals surface area contributed by atoms with Crippen molar-refractivity contribution < 1.29 is 0 Å². The van der Waals surface area contributed by atoms with Crippen molar-refractivity contribution in [3.63, 3.8) is 0 Å². The molecule has 1 heterocycles. The highest BCUT2D eigenvalue weighted by Gasteiger charge is 2.12. The summed E-state index contributed by atoms with van der Waals surface area (Å²) in [6, 6.07) is 61.3. The number of nitrogens with zero attached hydrogens (tertiary/aromatic N) is 3. The van der Waals surface area contributed by atoms with Crippen molar-refractivity contribution >= 4 is 49.9 Å². The van der Waals surface area contributed by atoms with Crippen LogP contribution >= 0.6 is 11.3 Å². The van der Waals surface area contributed by atoms with Gasteiger partial charge in [-0.1, -0.05) is 152 Å². The second-order valence-corrected chi connectivity index (χ2v) is 13.2. The Balaban J connectivity index is 1.19. The minimum Gasteiger partial charge on any atom is -0.261 e. The van der Waals surface area contributed by atoms with Gasteiger partial charge in [0.1, 0.15) is 0 Å². The van der Waals surface area contributed by atoms with Crippen LogP contribution in [-0.4, -0.2) is 18.4 Å². The van der Waals surface area contributed by atoms with E-state index in [4.69, 9.17) is 9.98 Å². The van der Waals surface area contributed by atoms with Gasteiger partial charge in [0.25, 0.3) is 0 Å². The van der Waals surface area contributed by atoms with Gasteiger partial charge in [-0.15, -0.1) is 11.3 Å². The third-order valence-electron chi connectivity index (χ3n) is 8.87. The highest BCUT2D eigenvalue weighted by Crippen LogP contribution is 2.40. The summed E-state index contributed by atoms with van der Waals surface area (Å²) < 4.78 is 2.61. The fourth-order valence-electron chi connectivity index (χ4n) is 6.40. The van der Waals surface area contributed by atoms with Crippen LogP contribution < -0.4 is 0 Å². The molecule has 0 bridgehead atoms. The normalized spacial score (nSPS) is 12.0. The molecule has 0 atom stereocenters. The lowest BCUT2D eigenvalue weighted by Gasteiger charge is -2.10.